The van der Waals surface area contributed by atoms with Gasteiger partial charge in [-0.2, -0.15) is 0 Å². The minimum atomic E-state index is -0.563. The quantitative estimate of drug-likeness (QED) is 0.406. The molecule has 3 amide bonds. The van der Waals surface area contributed by atoms with Crippen LogP contribution in [0, 0.1) is 17.8 Å². The van der Waals surface area contributed by atoms with Crippen LogP contribution in [0.2, 0.25) is 0 Å². The Labute approximate surface area is 224 Å². The number of aliphatic hydroxyl groups is 1. The summed E-state index contributed by atoms with van der Waals surface area (Å²) in [7, 11) is 0. The number of hydrogen-bond acceptors (Lipinski definition) is 5. The first-order valence-electron chi connectivity index (χ1n) is 14.2. The van der Waals surface area contributed by atoms with E-state index < -0.39 is 22.6 Å². The first-order valence-corrected chi connectivity index (χ1v) is 15.1. The summed E-state index contributed by atoms with van der Waals surface area (Å²) in [6.07, 6.45) is 8.55. The van der Waals surface area contributed by atoms with E-state index in [-0.39, 0.29) is 41.5 Å². The zero-order valence-corrected chi connectivity index (χ0v) is 22.7. The Kier molecular flexibility index (Phi) is 8.15. The first kappa shape index (κ1) is 26.5. The second-order valence-corrected chi connectivity index (χ2v) is 13.0. The van der Waals surface area contributed by atoms with Crippen LogP contribution in [0.25, 0.3) is 0 Å². The van der Waals surface area contributed by atoms with Crippen LogP contribution in [0.3, 0.4) is 0 Å². The molecule has 3 saturated heterocycles. The highest BCUT2D eigenvalue weighted by Gasteiger charge is 2.75. The molecule has 1 aromatic rings. The molecule has 37 heavy (non-hydrogen) atoms. The van der Waals surface area contributed by atoms with Crippen LogP contribution in [0.15, 0.2) is 30.3 Å². The highest BCUT2D eigenvalue weighted by atomic mass is 32.2. The zero-order chi connectivity index (χ0) is 26.0. The molecular weight excluding hydrogens is 486 g/mol. The van der Waals surface area contributed by atoms with Crippen molar-refractivity contribution in [1.82, 2.24) is 15.5 Å². The number of nitrogens with zero attached hydrogens (tertiary/aromatic N) is 1. The maximum absolute atomic E-state index is 14.1. The van der Waals surface area contributed by atoms with Gasteiger partial charge in [0.1, 0.15) is 6.04 Å². The van der Waals surface area contributed by atoms with E-state index in [2.05, 4.69) is 17.6 Å². The van der Waals surface area contributed by atoms with Crippen molar-refractivity contribution in [1.29, 1.82) is 0 Å². The van der Waals surface area contributed by atoms with Crippen molar-refractivity contribution in [3.05, 3.63) is 35.9 Å². The molecule has 0 radical (unpaired) electrons. The number of hydrogen-bond donors (Lipinski definition) is 3. The van der Waals surface area contributed by atoms with Crippen LogP contribution in [0.1, 0.15) is 70.3 Å². The Morgan fingerprint density at radius 3 is 2.57 bits per heavy atom. The number of thioether (sulfide) groups is 1. The minimum Gasteiger partial charge on any atom is -0.396 e. The Hall–Kier alpha value is -2.06. The third-order valence-corrected chi connectivity index (χ3v) is 11.2. The van der Waals surface area contributed by atoms with E-state index in [1.54, 1.807) is 11.8 Å². The van der Waals surface area contributed by atoms with Crippen LogP contribution < -0.4 is 10.6 Å². The van der Waals surface area contributed by atoms with E-state index >= 15 is 0 Å². The number of carbonyl (C=O) groups is 3. The summed E-state index contributed by atoms with van der Waals surface area (Å²) in [5, 5.41) is 15.7. The molecule has 1 aromatic carbocycles. The fourth-order valence-corrected chi connectivity index (χ4v) is 9.78. The highest BCUT2D eigenvalue weighted by Crippen LogP contribution is 2.68. The predicted octanol–water partition coefficient (Wildman–Crippen LogP) is 3.25. The van der Waals surface area contributed by atoms with Crippen LogP contribution in [0.5, 0.6) is 0 Å². The van der Waals surface area contributed by atoms with Crippen molar-refractivity contribution in [2.75, 3.05) is 13.2 Å². The van der Waals surface area contributed by atoms with Gasteiger partial charge in [0, 0.05) is 31.0 Å². The highest BCUT2D eigenvalue weighted by molar-refractivity contribution is 8.02. The molecule has 3 unspecified atom stereocenters. The zero-order valence-electron chi connectivity index (χ0n) is 21.9. The molecule has 4 aliphatic rings. The lowest BCUT2D eigenvalue weighted by molar-refractivity contribution is -0.140. The maximum Gasteiger partial charge on any atom is 0.244 e. The Bertz CT molecular complexity index is 985. The van der Waals surface area contributed by atoms with Crippen molar-refractivity contribution in [2.24, 2.45) is 17.8 Å². The molecule has 4 fully saturated rings. The van der Waals surface area contributed by atoms with Crippen molar-refractivity contribution >= 4 is 29.5 Å². The third-order valence-electron chi connectivity index (χ3n) is 9.11. The van der Waals surface area contributed by atoms with Crippen LogP contribution in [0.4, 0.5) is 0 Å². The van der Waals surface area contributed by atoms with E-state index in [0.717, 1.165) is 50.5 Å². The smallest absolute Gasteiger partial charge is 0.244 e. The molecule has 3 aliphatic heterocycles. The summed E-state index contributed by atoms with van der Waals surface area (Å²) < 4.78 is -0.563. The largest absolute Gasteiger partial charge is 0.396 e. The van der Waals surface area contributed by atoms with Crippen LogP contribution >= 0.6 is 11.8 Å². The van der Waals surface area contributed by atoms with Gasteiger partial charge in [-0.25, -0.2) is 0 Å². The number of unbranched alkanes of at least 4 members (excludes halogenated alkanes) is 2. The van der Waals surface area contributed by atoms with E-state index in [1.165, 1.54) is 6.42 Å². The summed E-state index contributed by atoms with van der Waals surface area (Å²) in [4.78, 5) is 43.4. The average Bonchev–Trinajstić information content (AvgIpc) is 3.50. The third kappa shape index (κ3) is 4.91. The van der Waals surface area contributed by atoms with E-state index in [1.807, 2.05) is 35.2 Å². The molecule has 8 heteroatoms. The molecular formula is C29H41N3O4S. The van der Waals surface area contributed by atoms with E-state index in [4.69, 9.17) is 0 Å². The molecule has 6 atom stereocenters. The summed E-state index contributed by atoms with van der Waals surface area (Å²) >= 11 is 1.74. The van der Waals surface area contributed by atoms with Crippen molar-refractivity contribution in [3.8, 4) is 0 Å². The number of benzene rings is 1. The Morgan fingerprint density at radius 1 is 1.08 bits per heavy atom. The summed E-state index contributed by atoms with van der Waals surface area (Å²) in [6.45, 7) is 3.23. The lowest BCUT2D eigenvalue weighted by Crippen LogP contribution is -2.58. The standard InChI is InChI=1S/C29H41N3O4S/c1-19-17-22-23(26(34)30-18-20-11-5-2-6-12-20)24-28(36)32(15-9-4-10-16-33)25(29(19,24)37-22)27(35)31-21-13-7-3-8-14-21/h2,5-6,11-12,19,21-25,33H,3-4,7-10,13-18H2,1H3,(H,30,34)(H,31,35)/t19?,22-,23+,24-,25?,29?/m0/s1. The Morgan fingerprint density at radius 2 is 1.84 bits per heavy atom. The first-order chi connectivity index (χ1) is 18.0. The molecule has 1 spiro atoms. The summed E-state index contributed by atoms with van der Waals surface area (Å²) in [6, 6.07) is 9.46. The molecule has 7 nitrogen and oxygen atoms in total. The fraction of sp³-hybridized carbons (Fsp3) is 0.690. The maximum atomic E-state index is 14.1. The normalized spacial score (nSPS) is 33.0. The average molecular weight is 528 g/mol. The second-order valence-electron chi connectivity index (χ2n) is 11.4. The number of nitrogens with one attached hydrogen (secondary N) is 2. The van der Waals surface area contributed by atoms with Gasteiger partial charge >= 0.3 is 0 Å². The lowest BCUT2D eigenvalue weighted by atomic mass is 9.65. The Balaban J connectivity index is 1.39. The number of rotatable bonds is 10. The summed E-state index contributed by atoms with van der Waals surface area (Å²) in [5.74, 6) is -0.836. The van der Waals surface area contributed by atoms with E-state index in [9.17, 15) is 19.5 Å². The van der Waals surface area contributed by atoms with Crippen molar-refractivity contribution < 1.29 is 19.5 Å². The van der Waals surface area contributed by atoms with Gasteiger partial charge < -0.3 is 20.6 Å². The number of likely N-dealkylation sites (tertiary alicyclic amines) is 1. The number of fused-ring (bicyclic) bond motifs is 1. The second kappa shape index (κ2) is 11.4. The van der Waals surface area contributed by atoms with E-state index in [0.29, 0.717) is 19.5 Å². The topological polar surface area (TPSA) is 98.7 Å². The lowest BCUT2D eigenvalue weighted by Gasteiger charge is -2.39. The molecule has 0 aromatic heterocycles. The van der Waals surface area contributed by atoms with Gasteiger partial charge in [-0.3, -0.25) is 14.4 Å². The van der Waals surface area contributed by atoms with Gasteiger partial charge in [-0.1, -0.05) is 56.5 Å². The van der Waals surface area contributed by atoms with Crippen LogP contribution in [-0.4, -0.2) is 63.0 Å². The van der Waals surface area contributed by atoms with Gasteiger partial charge in [0.05, 0.1) is 16.6 Å². The minimum absolute atomic E-state index is 0.0322. The number of aliphatic hydroxyl groups excluding tert-OH is 1. The SMILES string of the molecule is CC1C[C@@H]2SC13C(C(=O)NC1CCCCC1)N(CCCCCO)C(=O)[C@@H]3[C@@H]2C(=O)NCc1ccccc1. The van der Waals surface area contributed by atoms with Gasteiger partial charge in [-0.05, 0) is 50.0 Å². The molecule has 3 N–H and O–H groups in total. The fourth-order valence-electron chi connectivity index (χ4n) is 7.36. The van der Waals surface area contributed by atoms with Crippen molar-refractivity contribution in [2.45, 2.75) is 93.3 Å². The number of amides is 3. The number of carbonyl (C=O) groups excluding carboxylic acids is 3. The summed E-state index contributed by atoms with van der Waals surface area (Å²) in [5.41, 5.74) is 1.03. The van der Waals surface area contributed by atoms with Gasteiger partial charge in [0.15, 0.2) is 0 Å². The molecule has 202 valence electrons. The molecule has 2 bridgehead atoms. The van der Waals surface area contributed by atoms with Crippen LogP contribution in [-0.2, 0) is 20.9 Å². The van der Waals surface area contributed by atoms with Crippen molar-refractivity contribution in [3.63, 3.8) is 0 Å². The van der Waals surface area contributed by atoms with Gasteiger partial charge in [0.25, 0.3) is 0 Å². The molecule has 3 heterocycles. The molecule has 5 rings (SSSR count). The molecule has 1 aliphatic carbocycles. The van der Waals surface area contributed by atoms with Gasteiger partial charge in [-0.15, -0.1) is 11.8 Å². The molecule has 1 saturated carbocycles. The monoisotopic (exact) mass is 527 g/mol. The predicted molar refractivity (Wildman–Crippen MR) is 145 cm³/mol. The van der Waals surface area contributed by atoms with Gasteiger partial charge in [0.2, 0.25) is 17.7 Å².